The minimum Gasteiger partial charge on any atom is -0.508 e. The molecular weight excluding hydrogens is 389 g/mol. The van der Waals surface area contributed by atoms with Gasteiger partial charge in [-0.15, -0.1) is 0 Å². The summed E-state index contributed by atoms with van der Waals surface area (Å²) in [4.78, 5) is 28.6. The second kappa shape index (κ2) is 7.79. The number of carboxylic acid groups (broad SMARTS) is 1. The molecule has 0 radical (unpaired) electrons. The number of benzene rings is 2. The molecule has 1 atom stereocenters. The molecule has 30 heavy (non-hydrogen) atoms. The van der Waals surface area contributed by atoms with E-state index in [1.807, 2.05) is 0 Å². The zero-order chi connectivity index (χ0) is 21.3. The fourth-order valence-electron chi connectivity index (χ4n) is 3.56. The lowest BCUT2D eigenvalue weighted by Crippen LogP contribution is -2.12. The summed E-state index contributed by atoms with van der Waals surface area (Å²) in [5.41, 5.74) is 0.409. The van der Waals surface area contributed by atoms with Crippen LogP contribution < -0.4 is 5.43 Å². The number of phenolic OH excluding ortho intramolecular Hbond substituents is 1. The molecule has 0 fully saturated rings. The van der Waals surface area contributed by atoms with E-state index in [0.29, 0.717) is 5.56 Å². The highest BCUT2D eigenvalue weighted by molar-refractivity contribution is 5.87. The molecule has 0 bridgehead atoms. The summed E-state index contributed by atoms with van der Waals surface area (Å²) in [6.07, 6.45) is 3.83. The molecule has 0 aliphatic rings. The maximum absolute atomic E-state index is 14.2. The second-order valence-electron chi connectivity index (χ2n) is 6.77. The normalized spacial score (nSPS) is 12.0. The lowest BCUT2D eigenvalue weighted by Gasteiger charge is -2.18. The van der Waals surface area contributed by atoms with Gasteiger partial charge >= 0.3 is 5.97 Å². The van der Waals surface area contributed by atoms with Crippen molar-refractivity contribution in [2.45, 2.75) is 12.3 Å². The average Bonchev–Trinajstić information content (AvgIpc) is 2.74. The van der Waals surface area contributed by atoms with Crippen LogP contribution in [0, 0.1) is 5.82 Å². The van der Waals surface area contributed by atoms with Crippen LogP contribution in [0.2, 0.25) is 0 Å². The van der Waals surface area contributed by atoms with Gasteiger partial charge in [-0.2, -0.15) is 0 Å². The SMILES string of the molecule is O=C(O)CC(c1cccnc1)c1c(O)ccc2c(=O)c(-c3ccccc3F)coc12. The monoisotopic (exact) mass is 405 g/mol. The molecule has 4 aromatic rings. The van der Waals surface area contributed by atoms with Crippen molar-refractivity contribution in [3.8, 4) is 16.9 Å². The predicted molar refractivity (Wildman–Crippen MR) is 108 cm³/mol. The third-order valence-corrected chi connectivity index (χ3v) is 4.93. The van der Waals surface area contributed by atoms with Crippen molar-refractivity contribution >= 4 is 16.9 Å². The molecule has 150 valence electrons. The molecule has 0 aliphatic heterocycles. The number of carbonyl (C=O) groups is 1. The third-order valence-electron chi connectivity index (χ3n) is 4.93. The second-order valence-corrected chi connectivity index (χ2v) is 6.77. The molecule has 0 saturated heterocycles. The Kier molecular flexibility index (Phi) is 5.02. The van der Waals surface area contributed by atoms with Gasteiger partial charge in [0.15, 0.2) is 0 Å². The van der Waals surface area contributed by atoms with Crippen LogP contribution in [0.4, 0.5) is 4.39 Å². The third kappa shape index (κ3) is 3.41. The number of hydrogen-bond donors (Lipinski definition) is 2. The van der Waals surface area contributed by atoms with Crippen molar-refractivity contribution in [3.05, 3.63) is 94.4 Å². The number of halogens is 1. The minimum atomic E-state index is -1.09. The van der Waals surface area contributed by atoms with Gasteiger partial charge in [-0.25, -0.2) is 4.39 Å². The van der Waals surface area contributed by atoms with E-state index >= 15 is 0 Å². The Hall–Kier alpha value is -4.00. The van der Waals surface area contributed by atoms with Gasteiger partial charge in [-0.3, -0.25) is 14.6 Å². The van der Waals surface area contributed by atoms with Crippen LogP contribution in [-0.2, 0) is 4.79 Å². The maximum Gasteiger partial charge on any atom is 0.304 e. The number of aromatic nitrogens is 1. The van der Waals surface area contributed by atoms with Crippen LogP contribution in [-0.4, -0.2) is 21.2 Å². The first-order valence-corrected chi connectivity index (χ1v) is 9.11. The molecule has 1 unspecified atom stereocenters. The standard InChI is InChI=1S/C23H16FNO5/c24-18-6-2-1-5-14(18)17-12-30-23-15(22(17)29)7-8-19(26)21(23)16(10-20(27)28)13-4-3-9-25-11-13/h1-9,11-12,16,26H,10H2,(H,27,28). The van der Waals surface area contributed by atoms with Crippen molar-refractivity contribution in [3.63, 3.8) is 0 Å². The average molecular weight is 405 g/mol. The van der Waals surface area contributed by atoms with Gasteiger partial charge in [0.05, 0.1) is 17.4 Å². The highest BCUT2D eigenvalue weighted by Crippen LogP contribution is 2.39. The Labute approximate surface area is 169 Å². The van der Waals surface area contributed by atoms with E-state index in [4.69, 9.17) is 4.42 Å². The highest BCUT2D eigenvalue weighted by atomic mass is 19.1. The number of hydrogen-bond acceptors (Lipinski definition) is 5. The molecule has 0 amide bonds. The number of carboxylic acids is 1. The molecule has 2 heterocycles. The number of fused-ring (bicyclic) bond motifs is 1. The van der Waals surface area contributed by atoms with Gasteiger partial charge in [0.2, 0.25) is 5.43 Å². The molecule has 4 rings (SSSR count). The summed E-state index contributed by atoms with van der Waals surface area (Å²) in [6, 6.07) is 11.9. The summed E-state index contributed by atoms with van der Waals surface area (Å²) in [6.45, 7) is 0. The fraction of sp³-hybridized carbons (Fsp3) is 0.0870. The first-order valence-electron chi connectivity index (χ1n) is 9.11. The lowest BCUT2D eigenvalue weighted by molar-refractivity contribution is -0.137. The van der Waals surface area contributed by atoms with Gasteiger partial charge in [0.25, 0.3) is 0 Å². The molecule has 6 nitrogen and oxygen atoms in total. The van der Waals surface area contributed by atoms with Crippen LogP contribution in [0.25, 0.3) is 22.1 Å². The Morgan fingerprint density at radius 2 is 1.90 bits per heavy atom. The van der Waals surface area contributed by atoms with E-state index in [1.165, 1.54) is 36.5 Å². The summed E-state index contributed by atoms with van der Waals surface area (Å²) in [5.74, 6) is -2.67. The van der Waals surface area contributed by atoms with E-state index in [-0.39, 0.29) is 39.8 Å². The van der Waals surface area contributed by atoms with E-state index in [9.17, 15) is 24.2 Å². The van der Waals surface area contributed by atoms with Crippen molar-refractivity contribution in [2.75, 3.05) is 0 Å². The van der Waals surface area contributed by atoms with Gasteiger partial charge in [0.1, 0.15) is 23.4 Å². The maximum atomic E-state index is 14.2. The van der Waals surface area contributed by atoms with Crippen molar-refractivity contribution in [2.24, 2.45) is 0 Å². The first kappa shape index (κ1) is 19.3. The summed E-state index contributed by atoms with van der Waals surface area (Å²) in [5, 5.41) is 20.1. The molecule has 7 heteroatoms. The Bertz CT molecular complexity index is 1300. The van der Waals surface area contributed by atoms with E-state index in [1.54, 1.807) is 24.4 Å². The van der Waals surface area contributed by atoms with Crippen LogP contribution in [0.1, 0.15) is 23.5 Å². The van der Waals surface area contributed by atoms with E-state index in [2.05, 4.69) is 4.98 Å². The number of phenols is 1. The summed E-state index contributed by atoms with van der Waals surface area (Å²) < 4.78 is 19.9. The Morgan fingerprint density at radius 3 is 2.60 bits per heavy atom. The van der Waals surface area contributed by atoms with Gasteiger partial charge in [-0.1, -0.05) is 24.3 Å². The van der Waals surface area contributed by atoms with Crippen molar-refractivity contribution in [1.82, 2.24) is 4.98 Å². The largest absolute Gasteiger partial charge is 0.508 e. The zero-order valence-electron chi connectivity index (χ0n) is 15.6. The zero-order valence-corrected chi connectivity index (χ0v) is 15.6. The smallest absolute Gasteiger partial charge is 0.304 e. The number of aliphatic carboxylic acids is 1. The minimum absolute atomic E-state index is 0.0356. The van der Waals surface area contributed by atoms with Gasteiger partial charge in [0, 0.05) is 29.4 Å². The highest BCUT2D eigenvalue weighted by Gasteiger charge is 2.26. The molecule has 0 spiro atoms. The van der Waals surface area contributed by atoms with Crippen LogP contribution in [0.5, 0.6) is 5.75 Å². The van der Waals surface area contributed by atoms with Gasteiger partial charge in [-0.05, 0) is 29.8 Å². The van der Waals surface area contributed by atoms with Crippen LogP contribution in [0.3, 0.4) is 0 Å². The molecule has 2 aromatic carbocycles. The number of pyridine rings is 1. The Balaban J connectivity index is 1.98. The van der Waals surface area contributed by atoms with E-state index in [0.717, 1.165) is 6.26 Å². The van der Waals surface area contributed by atoms with Crippen LogP contribution in [0.15, 0.2) is 76.4 Å². The number of nitrogens with zero attached hydrogens (tertiary/aromatic N) is 1. The van der Waals surface area contributed by atoms with E-state index < -0.39 is 23.1 Å². The summed E-state index contributed by atoms with van der Waals surface area (Å²) in [7, 11) is 0. The Morgan fingerprint density at radius 1 is 1.10 bits per heavy atom. The molecule has 2 N–H and O–H groups in total. The molecular formula is C23H16FNO5. The molecule has 2 aromatic heterocycles. The molecule has 0 aliphatic carbocycles. The number of aromatic hydroxyl groups is 1. The fourth-order valence-corrected chi connectivity index (χ4v) is 3.56. The number of rotatable bonds is 5. The first-order chi connectivity index (χ1) is 14.5. The topological polar surface area (TPSA) is 101 Å². The predicted octanol–water partition coefficient (Wildman–Crippen LogP) is 4.31. The van der Waals surface area contributed by atoms with Crippen molar-refractivity contribution < 1.29 is 23.8 Å². The van der Waals surface area contributed by atoms with Gasteiger partial charge < -0.3 is 14.6 Å². The summed E-state index contributed by atoms with van der Waals surface area (Å²) >= 11 is 0. The quantitative estimate of drug-likeness (QED) is 0.513. The lowest BCUT2D eigenvalue weighted by atomic mass is 9.87. The van der Waals surface area contributed by atoms with Crippen LogP contribution >= 0.6 is 0 Å². The molecule has 0 saturated carbocycles. The van der Waals surface area contributed by atoms with Crippen molar-refractivity contribution in [1.29, 1.82) is 0 Å².